The second-order valence-corrected chi connectivity index (χ2v) is 9.24. The van der Waals surface area contributed by atoms with E-state index in [2.05, 4.69) is 10.3 Å². The maximum atomic E-state index is 12.9. The fraction of sp³-hybridized carbons (Fsp3) is 0.100. The van der Waals surface area contributed by atoms with Crippen molar-refractivity contribution in [1.29, 1.82) is 0 Å². The number of pyridine rings is 1. The molecule has 5 aromatic rings. The van der Waals surface area contributed by atoms with Gasteiger partial charge < -0.3 is 19.6 Å². The zero-order chi connectivity index (χ0) is 26.5. The Balaban J connectivity index is 1.24. The number of hydrogen-bond acceptors (Lipinski definition) is 4. The van der Waals surface area contributed by atoms with E-state index in [4.69, 9.17) is 16.3 Å². The molecule has 1 unspecified atom stereocenters. The molecule has 0 bridgehead atoms. The Kier molecular flexibility index (Phi) is 7.38. The third-order valence-corrected chi connectivity index (χ3v) is 6.34. The van der Waals surface area contributed by atoms with Crippen LogP contribution in [-0.2, 0) is 17.8 Å². The van der Waals surface area contributed by atoms with Crippen LogP contribution in [0.15, 0.2) is 103 Å². The summed E-state index contributed by atoms with van der Waals surface area (Å²) in [5, 5.41) is 13.0. The summed E-state index contributed by atoms with van der Waals surface area (Å²) in [5.74, 6) is -1.01. The third-order valence-electron chi connectivity index (χ3n) is 6.09. The van der Waals surface area contributed by atoms with Crippen LogP contribution in [0.3, 0.4) is 0 Å². The molecule has 0 spiro atoms. The lowest BCUT2D eigenvalue weighted by Gasteiger charge is -2.14. The number of aliphatic carboxylic acids is 1. The van der Waals surface area contributed by atoms with Crippen LogP contribution in [0.4, 0.5) is 0 Å². The highest BCUT2D eigenvalue weighted by Gasteiger charge is 2.23. The highest BCUT2D eigenvalue weighted by molar-refractivity contribution is 6.30. The van der Waals surface area contributed by atoms with Crippen LogP contribution in [0, 0.1) is 0 Å². The molecule has 190 valence electrons. The average molecular weight is 526 g/mol. The van der Waals surface area contributed by atoms with Gasteiger partial charge in [0, 0.05) is 23.8 Å². The molecule has 0 saturated carbocycles. The number of ether oxygens (including phenoxy) is 1. The minimum absolute atomic E-state index is 0.119. The molecule has 2 N–H and O–H groups in total. The van der Waals surface area contributed by atoms with Crippen molar-refractivity contribution in [3.63, 3.8) is 0 Å². The number of fused-ring (bicyclic) bond motifs is 1. The number of carbonyl (C=O) groups is 2. The number of carbonyl (C=O) groups excluding carboxylic acids is 1. The van der Waals surface area contributed by atoms with Gasteiger partial charge >= 0.3 is 5.97 Å². The zero-order valence-electron chi connectivity index (χ0n) is 20.3. The van der Waals surface area contributed by atoms with Gasteiger partial charge in [0.15, 0.2) is 0 Å². The fourth-order valence-electron chi connectivity index (χ4n) is 4.04. The summed E-state index contributed by atoms with van der Waals surface area (Å²) in [4.78, 5) is 29.2. The van der Waals surface area contributed by atoms with Crippen LogP contribution in [0.5, 0.6) is 5.75 Å². The number of aromatic nitrogens is 2. The monoisotopic (exact) mass is 525 g/mol. The first kappa shape index (κ1) is 25.0. The molecule has 0 aliphatic rings. The van der Waals surface area contributed by atoms with Crippen LogP contribution in [0.25, 0.3) is 16.8 Å². The molecule has 1 amide bonds. The quantitative estimate of drug-likeness (QED) is 0.259. The minimum Gasteiger partial charge on any atom is -0.489 e. The Bertz CT molecular complexity index is 1570. The number of imidazole rings is 1. The van der Waals surface area contributed by atoms with Crippen LogP contribution in [0.2, 0.25) is 5.02 Å². The Hall–Kier alpha value is -4.62. The second kappa shape index (κ2) is 11.2. The van der Waals surface area contributed by atoms with E-state index >= 15 is 0 Å². The summed E-state index contributed by atoms with van der Waals surface area (Å²) in [7, 11) is 0. The van der Waals surface area contributed by atoms with Crippen molar-refractivity contribution >= 4 is 29.1 Å². The first-order valence-corrected chi connectivity index (χ1v) is 12.4. The van der Waals surface area contributed by atoms with Crippen LogP contribution >= 0.6 is 11.6 Å². The molecule has 0 aliphatic heterocycles. The molecular weight excluding hydrogens is 502 g/mol. The zero-order valence-corrected chi connectivity index (χ0v) is 21.0. The smallest absolute Gasteiger partial charge is 0.326 e. The molecule has 2 aromatic heterocycles. The molecule has 5 rings (SSSR count). The Morgan fingerprint density at radius 2 is 1.66 bits per heavy atom. The number of nitrogens with one attached hydrogen (secondary N) is 1. The van der Waals surface area contributed by atoms with E-state index in [9.17, 15) is 14.7 Å². The van der Waals surface area contributed by atoms with Crippen LogP contribution in [0.1, 0.15) is 21.6 Å². The summed E-state index contributed by atoms with van der Waals surface area (Å²) < 4.78 is 7.51. The third kappa shape index (κ3) is 6.02. The van der Waals surface area contributed by atoms with E-state index in [0.717, 1.165) is 22.3 Å². The topological polar surface area (TPSA) is 92.9 Å². The van der Waals surface area contributed by atoms with Crippen molar-refractivity contribution in [3.05, 3.63) is 125 Å². The highest BCUT2D eigenvalue weighted by atomic mass is 35.5. The van der Waals surface area contributed by atoms with Gasteiger partial charge in [-0.05, 0) is 58.7 Å². The minimum atomic E-state index is -1.13. The van der Waals surface area contributed by atoms with Gasteiger partial charge in [-0.3, -0.25) is 4.79 Å². The van der Waals surface area contributed by atoms with Crippen molar-refractivity contribution in [1.82, 2.24) is 14.7 Å². The van der Waals surface area contributed by atoms with Gasteiger partial charge in [0.25, 0.3) is 5.91 Å². The number of amides is 1. The van der Waals surface area contributed by atoms with E-state index in [1.165, 1.54) is 0 Å². The predicted molar refractivity (Wildman–Crippen MR) is 145 cm³/mol. The number of carboxylic acids is 1. The standard InChI is InChI=1S/C30H24ClN3O4/c31-24-10-8-22(9-11-24)23-14-15-34-18-27(32-28(34)17-23)29(35)33-26(30(36)37)16-20-6-12-25(13-7-20)38-19-21-4-2-1-3-5-21/h1-15,17-18,26H,16,19H2,(H,33,35)(H,36,37). The van der Waals surface area contributed by atoms with E-state index in [-0.39, 0.29) is 12.1 Å². The Morgan fingerprint density at radius 1 is 0.921 bits per heavy atom. The summed E-state index contributed by atoms with van der Waals surface area (Å²) in [6.45, 7) is 0.439. The molecule has 8 heteroatoms. The number of nitrogens with zero attached hydrogens (tertiary/aromatic N) is 2. The number of halogens is 1. The molecule has 38 heavy (non-hydrogen) atoms. The average Bonchev–Trinajstić information content (AvgIpc) is 3.37. The van der Waals surface area contributed by atoms with E-state index in [1.54, 1.807) is 41.1 Å². The first-order chi connectivity index (χ1) is 18.4. The van der Waals surface area contributed by atoms with Crippen molar-refractivity contribution < 1.29 is 19.4 Å². The number of benzene rings is 3. The van der Waals surface area contributed by atoms with Crippen molar-refractivity contribution in [2.75, 3.05) is 0 Å². The van der Waals surface area contributed by atoms with Crippen LogP contribution in [-0.4, -0.2) is 32.4 Å². The lowest BCUT2D eigenvalue weighted by atomic mass is 10.1. The lowest BCUT2D eigenvalue weighted by Crippen LogP contribution is -2.42. The molecule has 7 nitrogen and oxygen atoms in total. The number of hydrogen-bond donors (Lipinski definition) is 2. The fourth-order valence-corrected chi connectivity index (χ4v) is 4.17. The van der Waals surface area contributed by atoms with E-state index in [0.29, 0.717) is 23.0 Å². The molecule has 2 heterocycles. The molecule has 0 fully saturated rings. The molecule has 0 saturated heterocycles. The number of carboxylic acid groups (broad SMARTS) is 1. The van der Waals surface area contributed by atoms with Crippen molar-refractivity contribution in [2.45, 2.75) is 19.1 Å². The van der Waals surface area contributed by atoms with Crippen LogP contribution < -0.4 is 10.1 Å². The lowest BCUT2D eigenvalue weighted by molar-refractivity contribution is -0.139. The highest BCUT2D eigenvalue weighted by Crippen LogP contribution is 2.23. The van der Waals surface area contributed by atoms with Gasteiger partial charge in [-0.25, -0.2) is 9.78 Å². The largest absolute Gasteiger partial charge is 0.489 e. The molecule has 0 aliphatic carbocycles. The first-order valence-electron chi connectivity index (χ1n) is 12.0. The molecule has 1 atom stereocenters. The predicted octanol–water partition coefficient (Wildman–Crippen LogP) is 5.66. The van der Waals surface area contributed by atoms with Crippen molar-refractivity contribution in [3.8, 4) is 16.9 Å². The van der Waals surface area contributed by atoms with Gasteiger partial charge in [0.2, 0.25) is 0 Å². The van der Waals surface area contributed by atoms with Crippen molar-refractivity contribution in [2.24, 2.45) is 0 Å². The summed E-state index contributed by atoms with van der Waals surface area (Å²) >= 11 is 5.98. The van der Waals surface area contributed by atoms with Gasteiger partial charge in [0.1, 0.15) is 29.7 Å². The van der Waals surface area contributed by atoms with Gasteiger partial charge in [0.05, 0.1) is 0 Å². The molecule has 0 radical (unpaired) electrons. The molecular formula is C30H24ClN3O4. The Labute approximate surface area is 224 Å². The normalized spacial score (nSPS) is 11.7. The number of rotatable bonds is 9. The summed E-state index contributed by atoms with van der Waals surface area (Å²) in [6, 6.07) is 27.1. The van der Waals surface area contributed by atoms with Gasteiger partial charge in [-0.15, -0.1) is 0 Å². The molecule has 3 aromatic carbocycles. The SMILES string of the molecule is O=C(NC(Cc1ccc(OCc2ccccc2)cc1)C(=O)O)c1cn2ccc(-c3ccc(Cl)cc3)cc2n1. The summed E-state index contributed by atoms with van der Waals surface area (Å²) in [6.07, 6.45) is 3.50. The van der Waals surface area contributed by atoms with E-state index in [1.807, 2.05) is 66.7 Å². The van der Waals surface area contributed by atoms with Gasteiger partial charge in [-0.1, -0.05) is 66.2 Å². The maximum absolute atomic E-state index is 12.9. The van der Waals surface area contributed by atoms with E-state index < -0.39 is 17.9 Å². The Morgan fingerprint density at radius 3 is 2.37 bits per heavy atom. The summed E-state index contributed by atoms with van der Waals surface area (Å²) in [5.41, 5.74) is 4.40. The second-order valence-electron chi connectivity index (χ2n) is 8.80. The van der Waals surface area contributed by atoms with Gasteiger partial charge in [-0.2, -0.15) is 0 Å². The maximum Gasteiger partial charge on any atom is 0.326 e.